The molecule has 3 N–H and O–H groups in total. The van der Waals surface area contributed by atoms with Crippen LogP contribution in [0.2, 0.25) is 0 Å². The zero-order chi connectivity index (χ0) is 13.1. The van der Waals surface area contributed by atoms with Gasteiger partial charge in [-0.3, -0.25) is 10.2 Å². The van der Waals surface area contributed by atoms with Crippen LogP contribution in [0.15, 0.2) is 24.3 Å². The van der Waals surface area contributed by atoms with Gasteiger partial charge in [-0.2, -0.15) is 11.8 Å². The number of nitrogens with two attached hydrogens (primary N) is 1. The van der Waals surface area contributed by atoms with Crippen LogP contribution >= 0.6 is 23.1 Å². The highest BCUT2D eigenvalue weighted by atomic mass is 32.2. The molecule has 0 spiro atoms. The van der Waals surface area contributed by atoms with E-state index in [0.29, 0.717) is 5.25 Å². The van der Waals surface area contributed by atoms with E-state index < -0.39 is 0 Å². The molecular formula is C13H16N2OS2. The molecule has 3 nitrogen and oxygen atoms in total. The number of thioether (sulfide) groups is 1. The first-order valence-electron chi connectivity index (χ1n) is 5.76. The second-order valence-electron chi connectivity index (χ2n) is 4.24. The average molecular weight is 280 g/mol. The quantitative estimate of drug-likeness (QED) is 0.514. The van der Waals surface area contributed by atoms with E-state index in [-0.39, 0.29) is 5.91 Å². The van der Waals surface area contributed by atoms with Crippen LogP contribution in [0.4, 0.5) is 0 Å². The molecule has 0 saturated heterocycles. The minimum atomic E-state index is -0.199. The highest BCUT2D eigenvalue weighted by molar-refractivity contribution is 7.99. The Kier molecular flexibility index (Phi) is 4.27. The van der Waals surface area contributed by atoms with Crippen molar-refractivity contribution in [2.75, 3.05) is 0 Å². The second-order valence-corrected chi connectivity index (χ2v) is 6.86. The largest absolute Gasteiger partial charge is 0.289 e. The molecule has 0 fully saturated rings. The standard InChI is InChI=1S/C13H16N2OS2/c1-8(2)17-7-10-9-5-3-4-6-11(9)18-12(10)13(16)15-14/h3-6,8H,7,14H2,1-2H3,(H,15,16). The number of amides is 1. The third-order valence-corrected chi connectivity index (χ3v) is 4.93. The van der Waals surface area contributed by atoms with Crippen molar-refractivity contribution in [3.63, 3.8) is 0 Å². The van der Waals surface area contributed by atoms with Crippen molar-refractivity contribution >= 4 is 39.1 Å². The normalized spacial score (nSPS) is 11.1. The maximum absolute atomic E-state index is 11.8. The highest BCUT2D eigenvalue weighted by Crippen LogP contribution is 2.34. The van der Waals surface area contributed by atoms with Crippen LogP contribution in [0, 0.1) is 0 Å². The summed E-state index contributed by atoms with van der Waals surface area (Å²) in [5, 5.41) is 1.70. The zero-order valence-corrected chi connectivity index (χ0v) is 12.0. The predicted octanol–water partition coefficient (Wildman–Crippen LogP) is 3.15. The topological polar surface area (TPSA) is 55.1 Å². The van der Waals surface area contributed by atoms with Crippen LogP contribution in [-0.4, -0.2) is 11.2 Å². The van der Waals surface area contributed by atoms with Gasteiger partial charge in [0.2, 0.25) is 0 Å². The summed E-state index contributed by atoms with van der Waals surface area (Å²) in [5.41, 5.74) is 3.33. The Labute approximate surface area is 115 Å². The van der Waals surface area contributed by atoms with E-state index in [1.807, 2.05) is 30.0 Å². The van der Waals surface area contributed by atoms with Crippen LogP contribution < -0.4 is 11.3 Å². The average Bonchev–Trinajstić information content (AvgIpc) is 2.74. The van der Waals surface area contributed by atoms with E-state index in [4.69, 9.17) is 5.84 Å². The van der Waals surface area contributed by atoms with Crippen molar-refractivity contribution in [2.45, 2.75) is 24.9 Å². The second kappa shape index (κ2) is 5.73. The van der Waals surface area contributed by atoms with Gasteiger partial charge in [0.15, 0.2) is 0 Å². The third-order valence-electron chi connectivity index (χ3n) is 2.60. The van der Waals surface area contributed by atoms with Crippen LogP contribution in [0.5, 0.6) is 0 Å². The maximum atomic E-state index is 11.8. The zero-order valence-electron chi connectivity index (χ0n) is 10.4. The van der Waals surface area contributed by atoms with Crippen molar-refractivity contribution in [3.05, 3.63) is 34.7 Å². The van der Waals surface area contributed by atoms with Gasteiger partial charge >= 0.3 is 0 Å². The van der Waals surface area contributed by atoms with Crippen molar-refractivity contribution in [3.8, 4) is 0 Å². The maximum Gasteiger partial charge on any atom is 0.275 e. The van der Waals surface area contributed by atoms with Gasteiger partial charge < -0.3 is 0 Å². The SMILES string of the molecule is CC(C)SCc1c(C(=O)NN)sc2ccccc12. The Balaban J connectivity index is 2.47. The Hall–Kier alpha value is -1.04. The van der Waals surface area contributed by atoms with E-state index in [9.17, 15) is 4.79 Å². The number of nitrogen functional groups attached to an aromatic ring is 1. The van der Waals surface area contributed by atoms with Crippen LogP contribution in [0.1, 0.15) is 29.1 Å². The molecule has 1 aromatic carbocycles. The first-order chi connectivity index (χ1) is 8.63. The molecule has 5 heteroatoms. The minimum Gasteiger partial charge on any atom is -0.289 e. The van der Waals surface area contributed by atoms with Gasteiger partial charge in [0.25, 0.3) is 5.91 Å². The number of carbonyl (C=O) groups excluding carboxylic acids is 1. The summed E-state index contributed by atoms with van der Waals surface area (Å²) >= 11 is 3.33. The first kappa shape index (κ1) is 13.4. The molecule has 0 bridgehead atoms. The highest BCUT2D eigenvalue weighted by Gasteiger charge is 2.17. The Morgan fingerprint density at radius 2 is 2.17 bits per heavy atom. The van der Waals surface area contributed by atoms with Gasteiger partial charge in [0.1, 0.15) is 0 Å². The van der Waals surface area contributed by atoms with Gasteiger partial charge in [-0.05, 0) is 22.3 Å². The van der Waals surface area contributed by atoms with Crippen LogP contribution in [0.3, 0.4) is 0 Å². The Bertz CT molecular complexity index is 563. The summed E-state index contributed by atoms with van der Waals surface area (Å²) in [6.45, 7) is 4.31. The van der Waals surface area contributed by atoms with Crippen LogP contribution in [0.25, 0.3) is 10.1 Å². The molecule has 0 aliphatic carbocycles. The lowest BCUT2D eigenvalue weighted by Crippen LogP contribution is -2.29. The number of rotatable bonds is 4. The first-order valence-corrected chi connectivity index (χ1v) is 7.63. The minimum absolute atomic E-state index is 0.199. The van der Waals surface area contributed by atoms with E-state index in [0.717, 1.165) is 26.3 Å². The smallest absolute Gasteiger partial charge is 0.275 e. The van der Waals surface area contributed by atoms with Gasteiger partial charge in [-0.25, -0.2) is 5.84 Å². The van der Waals surface area contributed by atoms with Gasteiger partial charge in [0.05, 0.1) is 4.88 Å². The van der Waals surface area contributed by atoms with E-state index in [1.54, 1.807) is 0 Å². The van der Waals surface area contributed by atoms with E-state index in [2.05, 4.69) is 25.3 Å². The molecule has 1 heterocycles. The molecular weight excluding hydrogens is 264 g/mol. The van der Waals surface area contributed by atoms with Gasteiger partial charge in [0, 0.05) is 10.5 Å². The van der Waals surface area contributed by atoms with E-state index in [1.165, 1.54) is 11.3 Å². The summed E-state index contributed by atoms with van der Waals surface area (Å²) in [7, 11) is 0. The van der Waals surface area contributed by atoms with Crippen LogP contribution in [-0.2, 0) is 5.75 Å². The fourth-order valence-electron chi connectivity index (χ4n) is 1.74. The lowest BCUT2D eigenvalue weighted by atomic mass is 10.1. The molecule has 0 radical (unpaired) electrons. The molecule has 96 valence electrons. The summed E-state index contributed by atoms with van der Waals surface area (Å²) in [4.78, 5) is 12.5. The molecule has 2 aromatic rings. The lowest BCUT2D eigenvalue weighted by Gasteiger charge is -2.06. The lowest BCUT2D eigenvalue weighted by molar-refractivity contribution is 0.0957. The molecule has 0 unspecified atom stereocenters. The number of nitrogens with one attached hydrogen (secondary N) is 1. The Morgan fingerprint density at radius 3 is 2.83 bits per heavy atom. The number of benzene rings is 1. The fraction of sp³-hybridized carbons (Fsp3) is 0.308. The third kappa shape index (κ3) is 2.68. The summed E-state index contributed by atoms with van der Waals surface area (Å²) in [6, 6.07) is 8.09. The fourth-order valence-corrected chi connectivity index (χ4v) is 3.76. The number of hydrogen-bond acceptors (Lipinski definition) is 4. The number of hydrogen-bond donors (Lipinski definition) is 2. The van der Waals surface area contributed by atoms with Gasteiger partial charge in [-0.15, -0.1) is 11.3 Å². The Morgan fingerprint density at radius 1 is 1.44 bits per heavy atom. The number of thiophene rings is 1. The van der Waals surface area contributed by atoms with Crippen molar-refractivity contribution < 1.29 is 4.79 Å². The molecule has 18 heavy (non-hydrogen) atoms. The molecule has 0 aliphatic heterocycles. The number of carbonyl (C=O) groups is 1. The summed E-state index contributed by atoms with van der Waals surface area (Å²) in [5.74, 6) is 5.89. The molecule has 2 rings (SSSR count). The summed E-state index contributed by atoms with van der Waals surface area (Å²) in [6.07, 6.45) is 0. The van der Waals surface area contributed by atoms with Crippen molar-refractivity contribution in [1.29, 1.82) is 0 Å². The monoisotopic (exact) mass is 280 g/mol. The van der Waals surface area contributed by atoms with Gasteiger partial charge in [-0.1, -0.05) is 32.0 Å². The molecule has 1 aromatic heterocycles. The molecule has 0 aliphatic rings. The molecule has 0 saturated carbocycles. The summed E-state index contributed by atoms with van der Waals surface area (Å²) < 4.78 is 1.13. The van der Waals surface area contributed by atoms with Crippen molar-refractivity contribution in [2.24, 2.45) is 5.84 Å². The number of fused-ring (bicyclic) bond motifs is 1. The van der Waals surface area contributed by atoms with Crippen molar-refractivity contribution in [1.82, 2.24) is 5.43 Å². The number of hydrazine groups is 1. The van der Waals surface area contributed by atoms with E-state index >= 15 is 0 Å². The molecule has 1 amide bonds. The molecule has 0 atom stereocenters. The predicted molar refractivity (Wildman–Crippen MR) is 79.9 cm³/mol.